The number of nitrogens with zero attached hydrogens (tertiary/aromatic N) is 1. The number of carbonyl (C=O) groups is 12. The van der Waals surface area contributed by atoms with E-state index in [0.717, 1.165) is 10.9 Å². The molecule has 1 aromatic heterocycles. The number of hydrogen-bond donors (Lipinski definition) is 19. The van der Waals surface area contributed by atoms with Gasteiger partial charge in [-0.3, -0.25) is 57.7 Å². The van der Waals surface area contributed by atoms with Crippen molar-refractivity contribution in [3.63, 3.8) is 0 Å². The summed E-state index contributed by atoms with van der Waals surface area (Å²) in [4.78, 5) is 172. The number of aliphatic hydroxyl groups is 1. The van der Waals surface area contributed by atoms with Crippen LogP contribution >= 0.6 is 0 Å². The minimum atomic E-state index is -1.40. The smallest absolute Gasteiger partial charge is 0.326 e. The van der Waals surface area contributed by atoms with Crippen molar-refractivity contribution in [3.05, 3.63) is 102 Å². The number of hydrogen-bond acceptors (Lipinski definition) is 17. The zero-order valence-electron chi connectivity index (χ0n) is 57.9. The number of aromatic amines is 1. The van der Waals surface area contributed by atoms with E-state index in [4.69, 9.17) is 22.9 Å². The molecule has 0 bridgehead atoms. The lowest BCUT2D eigenvalue weighted by Crippen LogP contribution is -2.60. The maximum atomic E-state index is 14.4. The molecule has 0 aliphatic carbocycles. The van der Waals surface area contributed by atoms with E-state index < -0.39 is 150 Å². The number of benzene rings is 3. The minimum absolute atomic E-state index is 0.0344. The van der Waals surface area contributed by atoms with Crippen LogP contribution in [-0.2, 0) is 76.8 Å². The summed E-state index contributed by atoms with van der Waals surface area (Å²) < 4.78 is 0. The SMILES string of the molecule is CC(C)C[C@H](NC(=O)[C@H](C)NC(=O)[C@H](Cc1ccccc1)NC(=O)[C@H](Cc1ccc(O)cc1)NC(=O)[C@H](C)NC(=O)[C@@H](N)[C@@H](C)O)C(=O)N[C@@H](CCCCN)C(=O)N[C@@H](CC(C)C)C(=O)N[C@@H](C)C(=O)NCC(=O)N[C@@H](CCCN=C(N)N)C(=O)N[C@@H](Cc1c[nH]c2ccccc12)C(=O)O. The Labute approximate surface area is 581 Å². The van der Waals surface area contributed by atoms with Gasteiger partial charge in [0.2, 0.25) is 65.0 Å². The molecule has 4 aromatic rings. The fourth-order valence-corrected chi connectivity index (χ4v) is 10.4. The van der Waals surface area contributed by atoms with Gasteiger partial charge in [-0.15, -0.1) is 0 Å². The molecule has 23 N–H and O–H groups in total. The average molecular weight is 1400 g/mol. The zero-order chi connectivity index (χ0) is 74.3. The van der Waals surface area contributed by atoms with Crippen molar-refractivity contribution < 1.29 is 72.9 Å². The first-order chi connectivity index (χ1) is 47.3. The number of H-pyrrole nitrogens is 1. The summed E-state index contributed by atoms with van der Waals surface area (Å²) in [6.45, 7) is 12.1. The average Bonchev–Trinajstić information content (AvgIpc) is 1.60. The summed E-state index contributed by atoms with van der Waals surface area (Å²) in [6, 6.07) is 6.95. The van der Waals surface area contributed by atoms with Crippen molar-refractivity contribution in [1.82, 2.24) is 63.5 Å². The lowest BCUT2D eigenvalue weighted by Gasteiger charge is -2.28. The molecule has 1 heterocycles. The van der Waals surface area contributed by atoms with Crippen LogP contribution in [0.3, 0.4) is 0 Å². The number of para-hydroxylation sites is 1. The molecule has 0 saturated heterocycles. The molecule has 0 fully saturated rings. The Morgan fingerprint density at radius 2 is 0.920 bits per heavy atom. The van der Waals surface area contributed by atoms with Gasteiger partial charge in [0.1, 0.15) is 72.2 Å². The predicted molar refractivity (Wildman–Crippen MR) is 372 cm³/mol. The van der Waals surface area contributed by atoms with E-state index in [-0.39, 0.29) is 88.0 Å². The van der Waals surface area contributed by atoms with E-state index in [1.807, 2.05) is 12.1 Å². The Morgan fingerprint density at radius 1 is 0.480 bits per heavy atom. The van der Waals surface area contributed by atoms with E-state index in [1.165, 1.54) is 52.0 Å². The van der Waals surface area contributed by atoms with Crippen LogP contribution in [0.15, 0.2) is 90.1 Å². The number of unbranched alkanes of at least 4 members (excludes halogenated alkanes) is 1. The van der Waals surface area contributed by atoms with Crippen LogP contribution in [0, 0.1) is 11.8 Å². The first-order valence-electron chi connectivity index (χ1n) is 33.4. The maximum absolute atomic E-state index is 14.4. The lowest BCUT2D eigenvalue weighted by atomic mass is 10.00. The molecule has 0 aliphatic rings. The third kappa shape index (κ3) is 28.3. The van der Waals surface area contributed by atoms with E-state index in [0.29, 0.717) is 29.5 Å². The number of carboxylic acids is 1. The summed E-state index contributed by atoms with van der Waals surface area (Å²) in [5.41, 5.74) is 25.0. The van der Waals surface area contributed by atoms with Crippen LogP contribution < -0.4 is 81.4 Å². The molecule has 0 aliphatic heterocycles. The van der Waals surface area contributed by atoms with Gasteiger partial charge in [-0.1, -0.05) is 88.4 Å². The van der Waals surface area contributed by atoms with Gasteiger partial charge in [0.15, 0.2) is 5.96 Å². The van der Waals surface area contributed by atoms with Crippen LogP contribution in [0.1, 0.15) is 117 Å². The fraction of sp³-hybridized carbons (Fsp3) is 0.515. The predicted octanol–water partition coefficient (Wildman–Crippen LogP) is -2.01. The number of guanidine groups is 1. The van der Waals surface area contributed by atoms with Crippen LogP contribution in [0.4, 0.5) is 0 Å². The lowest BCUT2D eigenvalue weighted by molar-refractivity contribution is -0.142. The van der Waals surface area contributed by atoms with Crippen LogP contribution in [0.25, 0.3) is 10.9 Å². The number of phenols is 1. The number of aliphatic imine (C=N–C) groups is 1. The van der Waals surface area contributed by atoms with Crippen molar-refractivity contribution in [2.45, 2.75) is 192 Å². The van der Waals surface area contributed by atoms with E-state index in [2.05, 4.69) is 68.5 Å². The van der Waals surface area contributed by atoms with Gasteiger partial charge in [-0.25, -0.2) is 4.79 Å². The van der Waals surface area contributed by atoms with Gasteiger partial charge < -0.3 is 102 Å². The summed E-state index contributed by atoms with van der Waals surface area (Å²) >= 11 is 0. The molecule has 0 spiro atoms. The van der Waals surface area contributed by atoms with Gasteiger partial charge in [-0.2, -0.15) is 0 Å². The number of rotatable bonds is 42. The molecule has 548 valence electrons. The fourth-order valence-electron chi connectivity index (χ4n) is 10.4. The Hall–Kier alpha value is -10.2. The molecule has 32 nitrogen and oxygen atoms in total. The van der Waals surface area contributed by atoms with Crippen molar-refractivity contribution >= 4 is 87.8 Å². The Balaban J connectivity index is 1.45. The Morgan fingerprint density at radius 3 is 1.47 bits per heavy atom. The van der Waals surface area contributed by atoms with Gasteiger partial charge in [-0.05, 0) is 126 Å². The minimum Gasteiger partial charge on any atom is -0.508 e. The van der Waals surface area contributed by atoms with Crippen molar-refractivity contribution in [1.29, 1.82) is 0 Å². The summed E-state index contributed by atoms with van der Waals surface area (Å²) in [5.74, 6) is -11.1. The summed E-state index contributed by atoms with van der Waals surface area (Å²) in [5, 5.41) is 59.1. The van der Waals surface area contributed by atoms with Crippen LogP contribution in [0.5, 0.6) is 5.75 Å². The summed E-state index contributed by atoms with van der Waals surface area (Å²) in [7, 11) is 0. The number of carbonyl (C=O) groups excluding carboxylic acids is 11. The molecule has 32 heteroatoms. The maximum Gasteiger partial charge on any atom is 0.326 e. The van der Waals surface area contributed by atoms with Gasteiger partial charge in [0.25, 0.3) is 0 Å². The normalized spacial score (nSPS) is 14.8. The largest absolute Gasteiger partial charge is 0.508 e. The van der Waals surface area contributed by atoms with Gasteiger partial charge >= 0.3 is 5.97 Å². The Kier molecular flexibility index (Phi) is 33.9. The van der Waals surface area contributed by atoms with Crippen LogP contribution in [-0.4, -0.2) is 189 Å². The number of fused-ring (bicyclic) bond motifs is 1. The van der Waals surface area contributed by atoms with Crippen molar-refractivity contribution in [3.8, 4) is 5.75 Å². The molecule has 100 heavy (non-hydrogen) atoms. The van der Waals surface area contributed by atoms with Crippen LogP contribution in [0.2, 0.25) is 0 Å². The number of aromatic hydroxyl groups is 1. The zero-order valence-corrected chi connectivity index (χ0v) is 57.9. The number of aromatic nitrogens is 1. The molecule has 12 atom stereocenters. The molecule has 4 rings (SSSR count). The first-order valence-corrected chi connectivity index (χ1v) is 33.4. The number of phenolic OH excluding ortho intramolecular Hbond substituents is 1. The second-order valence-electron chi connectivity index (χ2n) is 25.6. The second kappa shape index (κ2) is 41.3. The third-order valence-electron chi connectivity index (χ3n) is 16.0. The van der Waals surface area contributed by atoms with E-state index in [9.17, 15) is 72.9 Å². The van der Waals surface area contributed by atoms with Gasteiger partial charge in [0.05, 0.1) is 12.6 Å². The number of nitrogens with two attached hydrogens (primary N) is 4. The number of carboxylic acid groups (broad SMARTS) is 1. The number of aliphatic hydroxyl groups excluding tert-OH is 1. The molecule has 0 saturated carbocycles. The highest BCUT2D eigenvalue weighted by atomic mass is 16.4. The highest BCUT2D eigenvalue weighted by Crippen LogP contribution is 2.20. The summed E-state index contributed by atoms with van der Waals surface area (Å²) in [6.07, 6.45) is 1.09. The number of nitrogens with one attached hydrogen (secondary N) is 12. The third-order valence-corrected chi connectivity index (χ3v) is 16.0. The monoisotopic (exact) mass is 1400 g/mol. The Bertz CT molecular complexity index is 3440. The highest BCUT2D eigenvalue weighted by Gasteiger charge is 2.36. The van der Waals surface area contributed by atoms with E-state index >= 15 is 0 Å². The van der Waals surface area contributed by atoms with Crippen molar-refractivity contribution in [2.24, 2.45) is 39.8 Å². The molecule has 3 aromatic carbocycles. The van der Waals surface area contributed by atoms with E-state index in [1.54, 1.807) is 76.4 Å². The molecule has 0 radical (unpaired) electrons. The standard InChI is InChI=1S/C68H101N17O15/c1-36(2)29-50(62(94)76-38(5)57(89)75-35-55(88)79-48(22-16-28-73-68(71)72)60(92)85-54(67(99)100)33-44-34-74-47-20-13-12-19-46(44)47)83-61(93)49(21-14-15-27-69)80-64(96)51(30-37(3)4)81-58(90)39(6)77-63(95)52(31-42-17-10-9-11-18-42)84-65(97)53(32-43-23-25-45(87)26-24-43)82-59(91)40(7)78-66(98)56(70)41(8)86/h9-13,17-20,23-26,34,36-41,48-54,56,74,86-87H,14-16,21-22,27-33,35,69-70H2,1-8H3,(H,75,89)(H,76,94)(H,77,95)(H,78,98)(H,79,88)(H,80,96)(H,81,90)(H,82,91)(H,83,93)(H,84,97)(H,85,92)(H,99,100)(H4,71,72,73)/t38-,39-,40-,41+,48-,49-,50-,51-,52-,53-,54-,56-/m0/s1. The van der Waals surface area contributed by atoms with Gasteiger partial charge in [0, 0.05) is 42.9 Å². The number of aliphatic carboxylic acids is 1. The van der Waals surface area contributed by atoms with Crippen molar-refractivity contribution in [2.75, 3.05) is 19.6 Å². The highest BCUT2D eigenvalue weighted by molar-refractivity contribution is 5.99. The molecule has 11 amide bonds. The first kappa shape index (κ1) is 82.2. The molecule has 0 unspecified atom stereocenters. The topological polar surface area (TPSA) is 530 Å². The molecular weight excluding hydrogens is 1290 g/mol. The second-order valence-corrected chi connectivity index (χ2v) is 25.6. The quantitative estimate of drug-likeness (QED) is 0.0130. The number of amides is 11. The molecular formula is C68H101N17O15.